The van der Waals surface area contributed by atoms with Crippen LogP contribution in [0.3, 0.4) is 0 Å². The van der Waals surface area contributed by atoms with Gasteiger partial charge in [-0.3, -0.25) is 4.79 Å². The highest BCUT2D eigenvalue weighted by Crippen LogP contribution is 2.44. The monoisotopic (exact) mass is 476 g/mol. The molecule has 1 unspecified atom stereocenters. The average Bonchev–Trinajstić information content (AvgIpc) is 3.44. The zero-order valence-corrected chi connectivity index (χ0v) is 19.8. The van der Waals surface area contributed by atoms with Crippen molar-refractivity contribution >= 4 is 18.0 Å². The summed E-state index contributed by atoms with van der Waals surface area (Å²) in [5.41, 5.74) is 4.75. The van der Waals surface area contributed by atoms with Crippen molar-refractivity contribution < 1.29 is 24.2 Å². The number of carbonyl (C=O) groups excluding carboxylic acids is 2. The average molecular weight is 477 g/mol. The minimum Gasteiger partial charge on any atom is -0.480 e. The second-order valence-electron chi connectivity index (χ2n) is 9.99. The van der Waals surface area contributed by atoms with Crippen molar-refractivity contribution in [2.75, 3.05) is 13.2 Å². The number of likely N-dealkylation sites (tertiary alicyclic amines) is 1. The fourth-order valence-corrected chi connectivity index (χ4v) is 6.05. The van der Waals surface area contributed by atoms with Crippen LogP contribution in [0.1, 0.15) is 62.0 Å². The second kappa shape index (κ2) is 10.1. The number of nitrogens with zero attached hydrogens (tertiary/aromatic N) is 1. The molecule has 1 heterocycles. The predicted molar refractivity (Wildman–Crippen MR) is 131 cm³/mol. The van der Waals surface area contributed by atoms with Gasteiger partial charge in [0.05, 0.1) is 0 Å². The molecule has 0 radical (unpaired) electrons. The fraction of sp³-hybridized carbons (Fsp3) is 0.464. The fourth-order valence-electron chi connectivity index (χ4n) is 6.05. The molecule has 3 atom stereocenters. The topological polar surface area (TPSA) is 95.9 Å². The number of rotatable bonds is 6. The molecule has 184 valence electrons. The van der Waals surface area contributed by atoms with Crippen molar-refractivity contribution in [1.82, 2.24) is 10.2 Å². The number of carboxylic acids is 1. The highest BCUT2D eigenvalue weighted by Gasteiger charge is 2.35. The van der Waals surface area contributed by atoms with Crippen molar-refractivity contribution in [2.45, 2.75) is 62.9 Å². The van der Waals surface area contributed by atoms with Gasteiger partial charge in [-0.05, 0) is 66.7 Å². The quantitative estimate of drug-likeness (QED) is 0.638. The molecule has 2 aromatic rings. The summed E-state index contributed by atoms with van der Waals surface area (Å²) >= 11 is 0. The Labute approximate surface area is 205 Å². The van der Waals surface area contributed by atoms with Gasteiger partial charge in [0.15, 0.2) is 0 Å². The van der Waals surface area contributed by atoms with Crippen LogP contribution < -0.4 is 5.32 Å². The van der Waals surface area contributed by atoms with E-state index in [0.29, 0.717) is 25.8 Å². The first-order valence-corrected chi connectivity index (χ1v) is 12.6. The summed E-state index contributed by atoms with van der Waals surface area (Å²) in [7, 11) is 0. The van der Waals surface area contributed by atoms with E-state index < -0.39 is 18.1 Å². The number of fused-ring (bicyclic) bond motifs is 3. The van der Waals surface area contributed by atoms with E-state index in [1.54, 1.807) is 0 Å². The molecule has 0 aromatic heterocycles. The number of carbonyl (C=O) groups is 3. The highest BCUT2D eigenvalue weighted by atomic mass is 16.5. The first-order chi connectivity index (χ1) is 17.0. The number of piperidine rings is 1. The van der Waals surface area contributed by atoms with Gasteiger partial charge in [0.25, 0.3) is 0 Å². The zero-order chi connectivity index (χ0) is 24.4. The summed E-state index contributed by atoms with van der Waals surface area (Å²) in [4.78, 5) is 38.5. The summed E-state index contributed by atoms with van der Waals surface area (Å²) in [5, 5.41) is 12.4. The van der Waals surface area contributed by atoms with Crippen LogP contribution in [0.25, 0.3) is 11.1 Å². The van der Waals surface area contributed by atoms with Gasteiger partial charge in [0, 0.05) is 24.9 Å². The lowest BCUT2D eigenvalue weighted by atomic mass is 9.98. The number of carboxylic acid groups (broad SMARTS) is 1. The third-order valence-electron chi connectivity index (χ3n) is 7.78. The van der Waals surface area contributed by atoms with Crippen molar-refractivity contribution in [2.24, 2.45) is 5.92 Å². The number of hydrogen-bond donors (Lipinski definition) is 2. The second-order valence-corrected chi connectivity index (χ2v) is 9.99. The molecule has 5 rings (SSSR count). The Kier molecular flexibility index (Phi) is 6.75. The standard InChI is InChI=1S/C28H32N2O5/c31-26(30-14-6-5-11-25(30)27(32)33)16-18-12-13-19(15-18)29-28(34)35-17-24-22-9-3-1-7-20(22)21-8-2-4-10-23(21)24/h1-4,7-10,18-19,24-25H,5-6,11-17H2,(H,29,34)(H,32,33)/t18-,19+,25?/m1/s1. The Bertz CT molecular complexity index is 1070. The van der Waals surface area contributed by atoms with Crippen LogP contribution in [0.2, 0.25) is 0 Å². The number of alkyl carbamates (subject to hydrolysis) is 1. The molecule has 2 N–H and O–H groups in total. The molecule has 1 aliphatic heterocycles. The lowest BCUT2D eigenvalue weighted by Gasteiger charge is -2.33. The van der Waals surface area contributed by atoms with E-state index in [4.69, 9.17) is 4.74 Å². The summed E-state index contributed by atoms with van der Waals surface area (Å²) in [6.45, 7) is 0.796. The molecule has 2 aliphatic carbocycles. The number of ether oxygens (including phenoxy) is 1. The number of amides is 2. The van der Waals surface area contributed by atoms with Crippen LogP contribution in [0.15, 0.2) is 48.5 Å². The Morgan fingerprint density at radius 1 is 0.943 bits per heavy atom. The van der Waals surface area contributed by atoms with E-state index >= 15 is 0 Å². The van der Waals surface area contributed by atoms with Gasteiger partial charge in [-0.1, -0.05) is 48.5 Å². The summed E-state index contributed by atoms with van der Waals surface area (Å²) in [6.07, 6.45) is 4.48. The molecule has 35 heavy (non-hydrogen) atoms. The molecule has 2 amide bonds. The highest BCUT2D eigenvalue weighted by molar-refractivity contribution is 5.84. The van der Waals surface area contributed by atoms with Gasteiger partial charge in [0.1, 0.15) is 12.6 Å². The normalized spacial score (nSPS) is 23.4. The maximum absolute atomic E-state index is 12.8. The predicted octanol–water partition coefficient (Wildman–Crippen LogP) is 4.55. The number of nitrogens with one attached hydrogen (secondary N) is 1. The number of aliphatic carboxylic acids is 1. The largest absolute Gasteiger partial charge is 0.480 e. The Hall–Kier alpha value is -3.35. The Morgan fingerprint density at radius 2 is 1.63 bits per heavy atom. The van der Waals surface area contributed by atoms with Crippen LogP contribution in [-0.4, -0.2) is 53.2 Å². The number of hydrogen-bond acceptors (Lipinski definition) is 4. The van der Waals surface area contributed by atoms with E-state index in [1.807, 2.05) is 24.3 Å². The molecule has 2 fully saturated rings. The van der Waals surface area contributed by atoms with Gasteiger partial charge >= 0.3 is 12.1 Å². The van der Waals surface area contributed by atoms with Crippen LogP contribution in [0, 0.1) is 5.92 Å². The molecule has 2 aromatic carbocycles. The van der Waals surface area contributed by atoms with Gasteiger partial charge in [-0.2, -0.15) is 0 Å². The molecular formula is C28H32N2O5. The molecular weight excluding hydrogens is 444 g/mol. The molecule has 0 spiro atoms. The third-order valence-corrected chi connectivity index (χ3v) is 7.78. The summed E-state index contributed by atoms with van der Waals surface area (Å²) in [6, 6.07) is 15.8. The van der Waals surface area contributed by atoms with Gasteiger partial charge in [0.2, 0.25) is 5.91 Å². The van der Waals surface area contributed by atoms with Crippen LogP contribution >= 0.6 is 0 Å². The molecule has 7 heteroatoms. The first-order valence-electron chi connectivity index (χ1n) is 12.6. The third kappa shape index (κ3) is 4.90. The molecule has 1 saturated carbocycles. The molecule has 1 saturated heterocycles. The van der Waals surface area contributed by atoms with Crippen molar-refractivity contribution in [3.63, 3.8) is 0 Å². The smallest absolute Gasteiger partial charge is 0.407 e. The van der Waals surface area contributed by atoms with Crippen LogP contribution in [0.4, 0.5) is 4.79 Å². The van der Waals surface area contributed by atoms with Crippen LogP contribution in [0.5, 0.6) is 0 Å². The molecule has 3 aliphatic rings. The van der Waals surface area contributed by atoms with Crippen LogP contribution in [-0.2, 0) is 14.3 Å². The van der Waals surface area contributed by atoms with E-state index in [2.05, 4.69) is 29.6 Å². The minimum atomic E-state index is -0.917. The Morgan fingerprint density at radius 3 is 2.31 bits per heavy atom. The lowest BCUT2D eigenvalue weighted by molar-refractivity contribution is -0.152. The van der Waals surface area contributed by atoms with Gasteiger partial charge in [-0.15, -0.1) is 0 Å². The van der Waals surface area contributed by atoms with Gasteiger partial charge < -0.3 is 20.1 Å². The SMILES string of the molecule is O=C(N[C@H]1CC[C@@H](CC(=O)N2CCCCC2C(=O)O)C1)OCC1c2ccccc2-c2ccccc21. The molecule has 0 bridgehead atoms. The summed E-state index contributed by atoms with van der Waals surface area (Å²) < 4.78 is 5.66. The summed E-state index contributed by atoms with van der Waals surface area (Å²) in [5.74, 6) is -0.824. The van der Waals surface area contributed by atoms with E-state index in [-0.39, 0.29) is 30.4 Å². The van der Waals surface area contributed by atoms with Crippen molar-refractivity contribution in [1.29, 1.82) is 0 Å². The van der Waals surface area contributed by atoms with Crippen molar-refractivity contribution in [3.8, 4) is 11.1 Å². The number of benzene rings is 2. The molecule has 7 nitrogen and oxygen atoms in total. The van der Waals surface area contributed by atoms with E-state index in [1.165, 1.54) is 27.2 Å². The van der Waals surface area contributed by atoms with E-state index in [0.717, 1.165) is 25.7 Å². The first kappa shape index (κ1) is 23.4. The van der Waals surface area contributed by atoms with E-state index in [9.17, 15) is 19.5 Å². The minimum absolute atomic E-state index is 0.0221. The maximum Gasteiger partial charge on any atom is 0.407 e. The van der Waals surface area contributed by atoms with Gasteiger partial charge in [-0.25, -0.2) is 9.59 Å². The Balaban J connectivity index is 1.12. The zero-order valence-electron chi connectivity index (χ0n) is 19.8. The van der Waals surface area contributed by atoms with Crippen molar-refractivity contribution in [3.05, 3.63) is 59.7 Å². The maximum atomic E-state index is 12.8. The lowest BCUT2D eigenvalue weighted by Crippen LogP contribution is -2.48.